The average Bonchev–Trinajstić information content (AvgIpc) is 2.90. The van der Waals surface area contributed by atoms with E-state index in [1.54, 1.807) is 11.5 Å². The Labute approximate surface area is 108 Å². The summed E-state index contributed by atoms with van der Waals surface area (Å²) in [5.41, 5.74) is 6.60. The van der Waals surface area contributed by atoms with Crippen molar-refractivity contribution >= 4 is 17.0 Å². The summed E-state index contributed by atoms with van der Waals surface area (Å²) in [5, 5.41) is 9.06. The minimum absolute atomic E-state index is 0.154. The third-order valence-corrected chi connectivity index (χ3v) is 3.27. The summed E-state index contributed by atoms with van der Waals surface area (Å²) in [7, 11) is 0. The van der Waals surface area contributed by atoms with Crippen LogP contribution in [-0.4, -0.2) is 43.5 Å². The number of aromatic nitrogens is 4. The number of rotatable bonds is 2. The highest BCUT2D eigenvalue weighted by Gasteiger charge is 2.38. The molecule has 0 saturated carbocycles. The minimum Gasteiger partial charge on any atom is -0.394 e. The van der Waals surface area contributed by atoms with Gasteiger partial charge >= 0.3 is 0 Å². The number of fused-ring (bicyclic) bond motifs is 1. The molecule has 1 saturated heterocycles. The van der Waals surface area contributed by atoms with Crippen LogP contribution in [0.1, 0.15) is 18.5 Å². The first-order valence-corrected chi connectivity index (χ1v) is 5.97. The highest BCUT2D eigenvalue weighted by atomic mass is 19.1. The quantitative estimate of drug-likeness (QED) is 0.813. The first kappa shape index (κ1) is 12.2. The molecule has 1 aliphatic rings. The zero-order valence-electron chi connectivity index (χ0n) is 10.3. The maximum atomic E-state index is 14.0. The highest BCUT2D eigenvalue weighted by molar-refractivity contribution is 5.81. The van der Waals surface area contributed by atoms with Gasteiger partial charge in [-0.2, -0.15) is 0 Å². The van der Waals surface area contributed by atoms with E-state index in [4.69, 9.17) is 15.6 Å². The Hall–Kier alpha value is -1.80. The van der Waals surface area contributed by atoms with Gasteiger partial charge in [-0.15, -0.1) is 0 Å². The van der Waals surface area contributed by atoms with Crippen molar-refractivity contribution < 1.29 is 14.2 Å². The van der Waals surface area contributed by atoms with Crippen LogP contribution in [0.3, 0.4) is 0 Å². The molecule has 0 radical (unpaired) electrons. The van der Waals surface area contributed by atoms with E-state index in [-0.39, 0.29) is 18.8 Å². The summed E-state index contributed by atoms with van der Waals surface area (Å²) in [6.07, 6.45) is -1.10. The molecule has 2 aromatic heterocycles. The number of aliphatic hydroxyl groups excluding tert-OH is 1. The van der Waals surface area contributed by atoms with Gasteiger partial charge in [0.1, 0.15) is 18.3 Å². The number of nitrogens with two attached hydrogens (primary N) is 1. The van der Waals surface area contributed by atoms with E-state index in [0.29, 0.717) is 17.0 Å². The van der Waals surface area contributed by atoms with E-state index < -0.39 is 18.5 Å². The highest BCUT2D eigenvalue weighted by Crippen LogP contribution is 2.34. The van der Waals surface area contributed by atoms with E-state index in [1.165, 1.54) is 6.33 Å². The molecule has 2 aromatic rings. The van der Waals surface area contributed by atoms with Crippen molar-refractivity contribution in [2.45, 2.75) is 31.8 Å². The van der Waals surface area contributed by atoms with Crippen LogP contribution in [0.2, 0.25) is 0 Å². The number of imidazole rings is 1. The number of hydrogen-bond donors (Lipinski definition) is 2. The first-order valence-electron chi connectivity index (χ1n) is 5.97. The largest absolute Gasteiger partial charge is 0.394 e. The molecule has 102 valence electrons. The summed E-state index contributed by atoms with van der Waals surface area (Å²) < 4.78 is 21.1. The van der Waals surface area contributed by atoms with Crippen LogP contribution in [-0.2, 0) is 4.74 Å². The van der Waals surface area contributed by atoms with Gasteiger partial charge < -0.3 is 15.6 Å². The van der Waals surface area contributed by atoms with Crippen molar-refractivity contribution in [1.82, 2.24) is 19.5 Å². The van der Waals surface area contributed by atoms with Crippen LogP contribution in [0.25, 0.3) is 11.2 Å². The van der Waals surface area contributed by atoms with E-state index in [0.717, 1.165) is 0 Å². The standard InChI is InChI=1S/C11H14FN5O2/c1-5-16-8-9(13)14-4-15-10(8)17(5)11-7(12)2-6(3-18)19-11/h4,6-7,11,18H,2-3H2,1H3,(H2,13,14,15). The van der Waals surface area contributed by atoms with Crippen molar-refractivity contribution in [3.05, 3.63) is 12.2 Å². The minimum atomic E-state index is -1.22. The lowest BCUT2D eigenvalue weighted by molar-refractivity contribution is -0.0360. The van der Waals surface area contributed by atoms with Crippen molar-refractivity contribution in [3.8, 4) is 0 Å². The average molecular weight is 267 g/mol. The van der Waals surface area contributed by atoms with Gasteiger partial charge in [0.25, 0.3) is 0 Å². The van der Waals surface area contributed by atoms with Crippen molar-refractivity contribution in [2.75, 3.05) is 12.3 Å². The Bertz CT molecular complexity index is 616. The predicted molar refractivity (Wildman–Crippen MR) is 65.0 cm³/mol. The summed E-state index contributed by atoms with van der Waals surface area (Å²) in [6, 6.07) is 0. The summed E-state index contributed by atoms with van der Waals surface area (Å²) in [6.45, 7) is 1.52. The Balaban J connectivity index is 2.10. The number of alkyl halides is 1. The van der Waals surface area contributed by atoms with Crippen LogP contribution >= 0.6 is 0 Å². The molecule has 19 heavy (non-hydrogen) atoms. The number of nitrogens with zero attached hydrogens (tertiary/aromatic N) is 4. The molecule has 0 aromatic carbocycles. The SMILES string of the molecule is Cc1nc2c(N)ncnc2n1C1OC(CO)CC1F. The van der Waals surface area contributed by atoms with E-state index in [2.05, 4.69) is 15.0 Å². The summed E-state index contributed by atoms with van der Waals surface area (Å²) >= 11 is 0. The van der Waals surface area contributed by atoms with E-state index in [1.807, 2.05) is 0 Å². The fourth-order valence-corrected chi connectivity index (χ4v) is 2.39. The molecular formula is C11H14FN5O2. The number of nitrogen functional groups attached to an aromatic ring is 1. The van der Waals surface area contributed by atoms with Gasteiger partial charge in [-0.05, 0) is 6.92 Å². The number of halogens is 1. The van der Waals surface area contributed by atoms with Gasteiger partial charge in [-0.25, -0.2) is 19.3 Å². The molecule has 3 atom stereocenters. The zero-order chi connectivity index (χ0) is 13.6. The normalized spacial score (nSPS) is 27.2. The molecule has 1 fully saturated rings. The fourth-order valence-electron chi connectivity index (χ4n) is 2.39. The molecule has 3 N–H and O–H groups in total. The molecule has 0 aliphatic carbocycles. The van der Waals surface area contributed by atoms with Gasteiger partial charge in [0.2, 0.25) is 0 Å². The number of anilines is 1. The lowest BCUT2D eigenvalue weighted by Gasteiger charge is -2.17. The van der Waals surface area contributed by atoms with Gasteiger partial charge in [-0.1, -0.05) is 0 Å². The zero-order valence-corrected chi connectivity index (χ0v) is 10.3. The Kier molecular flexibility index (Phi) is 2.83. The maximum Gasteiger partial charge on any atom is 0.168 e. The molecular weight excluding hydrogens is 253 g/mol. The number of aliphatic hydroxyl groups is 1. The third-order valence-electron chi connectivity index (χ3n) is 3.27. The molecule has 3 unspecified atom stereocenters. The molecule has 7 nitrogen and oxygen atoms in total. The number of aryl methyl sites for hydroxylation is 1. The molecule has 0 bridgehead atoms. The summed E-state index contributed by atoms with van der Waals surface area (Å²) in [4.78, 5) is 12.2. The third kappa shape index (κ3) is 1.83. The van der Waals surface area contributed by atoms with Gasteiger partial charge in [0.15, 0.2) is 23.2 Å². The second-order valence-corrected chi connectivity index (χ2v) is 4.54. The fraction of sp³-hybridized carbons (Fsp3) is 0.545. The molecule has 3 heterocycles. The lowest BCUT2D eigenvalue weighted by Crippen LogP contribution is -2.18. The topological polar surface area (TPSA) is 99.1 Å². The molecule has 3 rings (SSSR count). The van der Waals surface area contributed by atoms with E-state index >= 15 is 0 Å². The van der Waals surface area contributed by atoms with E-state index in [9.17, 15) is 4.39 Å². The molecule has 0 spiro atoms. The molecule has 0 amide bonds. The summed E-state index contributed by atoms with van der Waals surface area (Å²) in [5.74, 6) is 0.799. The van der Waals surface area contributed by atoms with Crippen molar-refractivity contribution in [3.63, 3.8) is 0 Å². The van der Waals surface area contributed by atoms with Crippen LogP contribution in [0.5, 0.6) is 0 Å². The Morgan fingerprint density at radius 2 is 2.37 bits per heavy atom. The molecule has 8 heteroatoms. The molecule has 1 aliphatic heterocycles. The second kappa shape index (κ2) is 4.39. The van der Waals surface area contributed by atoms with Crippen LogP contribution in [0, 0.1) is 6.92 Å². The number of ether oxygens (including phenoxy) is 1. The lowest BCUT2D eigenvalue weighted by atomic mass is 10.2. The van der Waals surface area contributed by atoms with Crippen molar-refractivity contribution in [2.24, 2.45) is 0 Å². The smallest absolute Gasteiger partial charge is 0.168 e. The second-order valence-electron chi connectivity index (χ2n) is 4.54. The maximum absolute atomic E-state index is 14.0. The number of hydrogen-bond acceptors (Lipinski definition) is 6. The van der Waals surface area contributed by atoms with Crippen LogP contribution in [0.4, 0.5) is 10.2 Å². The van der Waals surface area contributed by atoms with Gasteiger partial charge in [0, 0.05) is 6.42 Å². The predicted octanol–water partition coefficient (Wildman–Crippen LogP) is 0.335. The monoisotopic (exact) mass is 267 g/mol. The van der Waals surface area contributed by atoms with Crippen LogP contribution in [0.15, 0.2) is 6.33 Å². The Morgan fingerprint density at radius 1 is 1.58 bits per heavy atom. The van der Waals surface area contributed by atoms with Gasteiger partial charge in [-0.3, -0.25) is 4.57 Å². The van der Waals surface area contributed by atoms with Crippen molar-refractivity contribution in [1.29, 1.82) is 0 Å². The van der Waals surface area contributed by atoms with Gasteiger partial charge in [0.05, 0.1) is 12.7 Å². The van der Waals surface area contributed by atoms with Crippen LogP contribution < -0.4 is 5.73 Å². The first-order chi connectivity index (χ1) is 9.11. The Morgan fingerprint density at radius 3 is 3.05 bits per heavy atom.